The van der Waals surface area contributed by atoms with E-state index in [1.807, 2.05) is 0 Å². The Bertz CT molecular complexity index is 1440. The van der Waals surface area contributed by atoms with E-state index in [0.717, 1.165) is 27.1 Å². The first kappa shape index (κ1) is 34.5. The lowest BCUT2D eigenvalue weighted by molar-refractivity contribution is -0.129. The summed E-state index contributed by atoms with van der Waals surface area (Å²) >= 11 is 27.9. The van der Waals surface area contributed by atoms with E-state index in [-0.39, 0.29) is 39.2 Å². The number of hydrogen-bond donors (Lipinski definition) is 9. The van der Waals surface area contributed by atoms with Crippen molar-refractivity contribution in [2.24, 2.45) is 5.10 Å². The van der Waals surface area contributed by atoms with Gasteiger partial charge in [0.15, 0.2) is 14.7 Å². The average molecular weight is 662 g/mol. The number of aryl methyl sites for hydroxylation is 2. The third-order valence-corrected chi connectivity index (χ3v) is 5.17. The van der Waals surface area contributed by atoms with Crippen LogP contribution in [0.15, 0.2) is 20.8 Å². The van der Waals surface area contributed by atoms with Gasteiger partial charge in [-0.2, -0.15) is 10.2 Å². The monoisotopic (exact) mass is 661 g/mol. The van der Waals surface area contributed by atoms with Crippen molar-refractivity contribution in [2.75, 3.05) is 0 Å². The SMILES string of the molecule is Cc1cc(=O)[nH]c(=S)[nH]1.Cc1n[nH]c(=S)[nH]c1=O.O=C1CC(=O)NC(=S)N1.S=C1CC(=S)NN1.S=C1CC=NN1. The van der Waals surface area contributed by atoms with Crippen LogP contribution in [0.1, 0.15) is 30.7 Å². The fraction of sp³-hybridized carbons (Fsp3) is 0.263. The quantitative estimate of drug-likeness (QED) is 0.136. The maximum Gasteiger partial charge on any atom is 0.273 e. The predicted octanol–water partition coefficient (Wildman–Crippen LogP) is 0.216. The minimum Gasteiger partial charge on any atom is -0.336 e. The van der Waals surface area contributed by atoms with Crippen LogP contribution in [0.4, 0.5) is 0 Å². The summed E-state index contributed by atoms with van der Waals surface area (Å²) < 4.78 is 0.630. The summed E-state index contributed by atoms with van der Waals surface area (Å²) in [5.41, 5.74) is 8.82. The summed E-state index contributed by atoms with van der Waals surface area (Å²) in [6.45, 7) is 3.38. The largest absolute Gasteiger partial charge is 0.336 e. The van der Waals surface area contributed by atoms with Gasteiger partial charge in [-0.05, 0) is 50.5 Å². The Morgan fingerprint density at radius 1 is 0.750 bits per heavy atom. The summed E-state index contributed by atoms with van der Waals surface area (Å²) in [5, 5.41) is 14.3. The van der Waals surface area contributed by atoms with Gasteiger partial charge in [0.05, 0.1) is 6.42 Å². The number of carbonyl (C=O) groups is 2. The summed E-state index contributed by atoms with van der Waals surface area (Å²) in [6, 6.07) is 1.45. The van der Waals surface area contributed by atoms with Crippen LogP contribution in [-0.4, -0.2) is 63.3 Å². The van der Waals surface area contributed by atoms with E-state index >= 15 is 0 Å². The third-order valence-electron chi connectivity index (χ3n) is 3.82. The van der Waals surface area contributed by atoms with Gasteiger partial charge in [-0.1, -0.05) is 36.7 Å². The molecule has 3 aliphatic rings. The third kappa shape index (κ3) is 15.8. The van der Waals surface area contributed by atoms with Crippen molar-refractivity contribution in [1.82, 2.24) is 52.1 Å². The molecule has 2 saturated heterocycles. The molecule has 9 N–H and O–H groups in total. The zero-order chi connectivity index (χ0) is 30.2. The number of amides is 2. The van der Waals surface area contributed by atoms with Crippen LogP contribution in [0, 0.1) is 23.4 Å². The number of hydrazine groups is 1. The number of nitrogens with zero attached hydrogens (tertiary/aromatic N) is 2. The summed E-state index contributed by atoms with van der Waals surface area (Å²) in [7, 11) is 0. The maximum absolute atomic E-state index is 10.6. The molecule has 0 bridgehead atoms. The second kappa shape index (κ2) is 18.0. The fourth-order valence-electron chi connectivity index (χ4n) is 2.18. The summed E-state index contributed by atoms with van der Waals surface area (Å²) in [4.78, 5) is 52.0. The van der Waals surface area contributed by atoms with Crippen LogP contribution in [0.25, 0.3) is 0 Å². The highest BCUT2D eigenvalue weighted by Gasteiger charge is 2.17. The fourth-order valence-corrected chi connectivity index (χ4v) is 3.42. The van der Waals surface area contributed by atoms with Gasteiger partial charge in [-0.25, -0.2) is 0 Å². The minimum absolute atomic E-state index is 0.0938. The van der Waals surface area contributed by atoms with Crippen LogP contribution in [-0.2, 0) is 9.59 Å². The van der Waals surface area contributed by atoms with Gasteiger partial charge in [0.1, 0.15) is 27.1 Å². The zero-order valence-electron chi connectivity index (χ0n) is 20.8. The maximum atomic E-state index is 10.6. The molecular formula is C19H23N11O4S6. The lowest BCUT2D eigenvalue weighted by Crippen LogP contribution is -2.49. The van der Waals surface area contributed by atoms with Gasteiger partial charge in [0, 0.05) is 24.4 Å². The molecule has 3 aliphatic heterocycles. The standard InChI is InChI=1S/C5H6N2OS.C4H5N3OS.C4H4N2O2S.C3H4N2S2.C3H4N2S/c1-3-2-4(8)7-5(9)6-3;1-2-3(8)5-4(9)7-6-2;7-2-1-3(8)6-4(9)5-2;6-2-1-3(7)5-4-2;6-3-1-2-4-5-3/h2H,1H3,(H2,6,7,8,9);1H3,(H2,5,7,8,9);1H2,(H2,5,6,7,8,9);1H2,(H,4,6)(H,5,7);2H,1H2,(H,5,6). The first-order valence-electron chi connectivity index (χ1n) is 10.7. The van der Waals surface area contributed by atoms with Crippen molar-refractivity contribution in [1.29, 1.82) is 0 Å². The molecule has 0 aliphatic carbocycles. The van der Waals surface area contributed by atoms with E-state index in [9.17, 15) is 19.2 Å². The highest BCUT2D eigenvalue weighted by molar-refractivity contribution is 7.82. The topological polar surface area (TPSA) is 217 Å². The van der Waals surface area contributed by atoms with Crippen molar-refractivity contribution < 1.29 is 9.59 Å². The van der Waals surface area contributed by atoms with Crippen molar-refractivity contribution in [3.05, 3.63) is 47.7 Å². The number of H-pyrrole nitrogens is 4. The smallest absolute Gasteiger partial charge is 0.273 e. The molecule has 15 nitrogen and oxygen atoms in total. The van der Waals surface area contributed by atoms with Crippen LogP contribution >= 0.6 is 73.3 Å². The second-order valence-corrected chi connectivity index (χ2v) is 9.99. The molecule has 2 amide bonds. The average Bonchev–Trinajstić information content (AvgIpc) is 3.46. The number of hydrogen-bond acceptors (Lipinski definition) is 12. The molecule has 0 radical (unpaired) electrons. The van der Waals surface area contributed by atoms with Gasteiger partial charge in [-0.15, -0.1) is 0 Å². The normalized spacial score (nSPS) is 14.6. The second-order valence-electron chi connectivity index (χ2n) is 7.29. The van der Waals surface area contributed by atoms with Crippen LogP contribution in [0.5, 0.6) is 0 Å². The van der Waals surface area contributed by atoms with E-state index in [2.05, 4.69) is 106 Å². The van der Waals surface area contributed by atoms with Crippen LogP contribution in [0.2, 0.25) is 0 Å². The number of nitrogens with one attached hydrogen (secondary N) is 9. The molecule has 0 atom stereocenters. The molecule has 0 saturated carbocycles. The van der Waals surface area contributed by atoms with Crippen molar-refractivity contribution in [3.63, 3.8) is 0 Å². The van der Waals surface area contributed by atoms with E-state index in [1.54, 1.807) is 20.1 Å². The molecule has 40 heavy (non-hydrogen) atoms. The Balaban J connectivity index is 0.000000252. The lowest BCUT2D eigenvalue weighted by atomic mass is 10.3. The lowest BCUT2D eigenvalue weighted by Gasteiger charge is -2.12. The van der Waals surface area contributed by atoms with Gasteiger partial charge in [0.25, 0.3) is 11.1 Å². The van der Waals surface area contributed by atoms with E-state index < -0.39 is 0 Å². The molecule has 0 spiro atoms. The van der Waals surface area contributed by atoms with Gasteiger partial charge < -0.3 is 15.6 Å². The Kier molecular flexibility index (Phi) is 15.5. The van der Waals surface area contributed by atoms with Gasteiger partial charge in [0.2, 0.25) is 11.8 Å². The van der Waals surface area contributed by atoms with Crippen molar-refractivity contribution >= 4 is 111 Å². The van der Waals surface area contributed by atoms with Crippen LogP contribution in [0.3, 0.4) is 0 Å². The highest BCUT2D eigenvalue weighted by atomic mass is 32.1. The van der Waals surface area contributed by atoms with Crippen LogP contribution < -0.4 is 38.0 Å². The molecule has 2 aromatic heterocycles. The molecule has 214 valence electrons. The first-order valence-corrected chi connectivity index (χ1v) is 13.2. The molecule has 0 aromatic carbocycles. The Hall–Kier alpha value is -3.50. The van der Waals surface area contributed by atoms with E-state index in [4.69, 9.17) is 24.4 Å². The Labute approximate surface area is 257 Å². The van der Waals surface area contributed by atoms with Gasteiger partial charge >= 0.3 is 0 Å². The van der Waals surface area contributed by atoms with Crippen molar-refractivity contribution in [2.45, 2.75) is 33.1 Å². The first-order chi connectivity index (χ1) is 18.7. The minimum atomic E-state index is -0.344. The Morgan fingerprint density at radius 3 is 1.68 bits per heavy atom. The number of hydrazone groups is 1. The molecule has 5 heterocycles. The zero-order valence-corrected chi connectivity index (χ0v) is 25.7. The summed E-state index contributed by atoms with van der Waals surface area (Å²) in [6.07, 6.45) is 3.16. The van der Waals surface area contributed by atoms with Gasteiger partial charge in [-0.3, -0.25) is 50.5 Å². The number of thiocarbonyl (C=S) groups is 4. The molecule has 21 heteroatoms. The molecule has 0 unspecified atom stereocenters. The molecule has 5 rings (SSSR count). The van der Waals surface area contributed by atoms with E-state index in [0.29, 0.717) is 16.9 Å². The highest BCUT2D eigenvalue weighted by Crippen LogP contribution is 1.90. The number of aromatic nitrogens is 5. The number of carbonyl (C=O) groups excluding carboxylic acids is 2. The van der Waals surface area contributed by atoms with Crippen molar-refractivity contribution in [3.8, 4) is 0 Å². The summed E-state index contributed by atoms with van der Waals surface area (Å²) in [5.74, 6) is -0.687. The predicted molar refractivity (Wildman–Crippen MR) is 170 cm³/mol. The molecule has 2 aromatic rings. The molecule has 2 fully saturated rings. The number of aromatic amines is 4. The Morgan fingerprint density at radius 2 is 1.35 bits per heavy atom. The molecular weight excluding hydrogens is 639 g/mol. The number of rotatable bonds is 0. The van der Waals surface area contributed by atoms with E-state index in [1.165, 1.54) is 6.07 Å².